The normalized spacial score (nSPS) is 9.79. The fourth-order valence-corrected chi connectivity index (χ4v) is 1.25. The van der Waals surface area contributed by atoms with Crippen LogP contribution in [0.5, 0.6) is 0 Å². The second-order valence-corrected chi connectivity index (χ2v) is 3.16. The second-order valence-electron chi connectivity index (χ2n) is 2.85. The van der Waals surface area contributed by atoms with E-state index < -0.39 is 12.4 Å². The van der Waals surface area contributed by atoms with Gasteiger partial charge in [0, 0.05) is 11.3 Å². The number of carboxylic acid groups (broad SMARTS) is 1. The van der Waals surface area contributed by atoms with Gasteiger partial charge in [-0.1, -0.05) is 24.3 Å². The Hall–Kier alpha value is -1.29. The van der Waals surface area contributed by atoms with Gasteiger partial charge in [-0.2, -0.15) is 12.6 Å². The summed E-state index contributed by atoms with van der Waals surface area (Å²) >= 11 is 4.07. The van der Waals surface area contributed by atoms with Gasteiger partial charge < -0.3 is 5.11 Å². The number of ketones is 1. The lowest BCUT2D eigenvalue weighted by atomic mass is 10.1. The third kappa shape index (κ3) is 2.88. The zero-order chi connectivity index (χ0) is 10.6. The molecule has 0 fully saturated rings. The third-order valence-electron chi connectivity index (χ3n) is 1.77. The Labute approximate surface area is 87.2 Å². The first-order chi connectivity index (χ1) is 6.63. The van der Waals surface area contributed by atoms with Gasteiger partial charge in [0.05, 0.1) is 0 Å². The number of rotatable bonds is 4. The molecule has 0 amide bonds. The quantitative estimate of drug-likeness (QED) is 0.452. The molecule has 0 aliphatic heterocycles. The zero-order valence-corrected chi connectivity index (χ0v) is 8.33. The minimum absolute atomic E-state index is 0.372. The number of hydrogen-bond donors (Lipinski definition) is 2. The van der Waals surface area contributed by atoms with Crippen LogP contribution in [0.4, 0.5) is 0 Å². The van der Waals surface area contributed by atoms with Crippen molar-refractivity contribution in [3.63, 3.8) is 0 Å². The van der Waals surface area contributed by atoms with Crippen molar-refractivity contribution >= 4 is 24.4 Å². The lowest BCUT2D eigenvalue weighted by Crippen LogP contribution is -2.06. The standard InChI is InChI=1S/C10H10O3S/c11-9(5-10(12)13)8-3-1-7(6-14)2-4-8/h1-4,14H,5-6H2,(H,12,13). The Kier molecular flexibility index (Phi) is 3.71. The first kappa shape index (κ1) is 10.8. The van der Waals surface area contributed by atoms with Gasteiger partial charge in [-0.05, 0) is 5.56 Å². The molecule has 74 valence electrons. The molecule has 0 saturated carbocycles. The summed E-state index contributed by atoms with van der Waals surface area (Å²) in [7, 11) is 0. The molecule has 1 aromatic carbocycles. The molecule has 0 aliphatic carbocycles. The zero-order valence-electron chi connectivity index (χ0n) is 7.43. The van der Waals surface area contributed by atoms with Gasteiger partial charge in [0.2, 0.25) is 0 Å². The molecule has 4 heteroatoms. The molecule has 0 heterocycles. The first-order valence-electron chi connectivity index (χ1n) is 4.08. The summed E-state index contributed by atoms with van der Waals surface area (Å²) in [5.41, 5.74) is 1.43. The van der Waals surface area contributed by atoms with E-state index in [-0.39, 0.29) is 5.78 Å². The summed E-state index contributed by atoms with van der Waals surface area (Å²) in [6.45, 7) is 0. The van der Waals surface area contributed by atoms with Gasteiger partial charge in [-0.3, -0.25) is 9.59 Å². The van der Waals surface area contributed by atoms with Crippen molar-refractivity contribution in [1.29, 1.82) is 0 Å². The molecule has 0 radical (unpaired) electrons. The number of carboxylic acids is 1. The van der Waals surface area contributed by atoms with Crippen molar-refractivity contribution < 1.29 is 14.7 Å². The molecule has 0 saturated heterocycles. The van der Waals surface area contributed by atoms with Crippen LogP contribution in [0.15, 0.2) is 24.3 Å². The molecule has 0 aromatic heterocycles. The van der Waals surface area contributed by atoms with Crippen LogP contribution in [-0.2, 0) is 10.5 Å². The molecular formula is C10H10O3S. The SMILES string of the molecule is O=C(O)CC(=O)c1ccc(CS)cc1. The van der Waals surface area contributed by atoms with Crippen molar-refractivity contribution in [2.75, 3.05) is 0 Å². The van der Waals surface area contributed by atoms with Gasteiger partial charge in [-0.15, -0.1) is 0 Å². The maximum atomic E-state index is 11.3. The van der Waals surface area contributed by atoms with Crippen LogP contribution >= 0.6 is 12.6 Å². The average Bonchev–Trinajstić information content (AvgIpc) is 2.17. The highest BCUT2D eigenvalue weighted by Crippen LogP contribution is 2.08. The van der Waals surface area contributed by atoms with Crippen LogP contribution < -0.4 is 0 Å². The maximum absolute atomic E-state index is 11.3. The number of Topliss-reactive ketones (excluding diaryl/α,β-unsaturated/α-hetero) is 1. The Balaban J connectivity index is 2.76. The van der Waals surface area contributed by atoms with E-state index in [0.29, 0.717) is 11.3 Å². The van der Waals surface area contributed by atoms with E-state index in [1.807, 2.05) is 0 Å². The van der Waals surface area contributed by atoms with Gasteiger partial charge in [0.25, 0.3) is 0 Å². The Morgan fingerprint density at radius 2 is 1.79 bits per heavy atom. The van der Waals surface area contributed by atoms with E-state index >= 15 is 0 Å². The molecule has 0 spiro atoms. The van der Waals surface area contributed by atoms with Gasteiger partial charge >= 0.3 is 5.97 Å². The number of carbonyl (C=O) groups excluding carboxylic acids is 1. The molecule has 14 heavy (non-hydrogen) atoms. The van der Waals surface area contributed by atoms with E-state index in [0.717, 1.165) is 5.56 Å². The van der Waals surface area contributed by atoms with Crippen molar-refractivity contribution in [1.82, 2.24) is 0 Å². The molecule has 0 bridgehead atoms. The highest BCUT2D eigenvalue weighted by atomic mass is 32.1. The largest absolute Gasteiger partial charge is 0.481 e. The molecule has 0 unspecified atom stereocenters. The highest BCUT2D eigenvalue weighted by Gasteiger charge is 2.09. The molecule has 0 aliphatic rings. The van der Waals surface area contributed by atoms with Crippen molar-refractivity contribution in [2.24, 2.45) is 0 Å². The molecule has 1 aromatic rings. The van der Waals surface area contributed by atoms with Crippen molar-refractivity contribution in [3.05, 3.63) is 35.4 Å². The van der Waals surface area contributed by atoms with Gasteiger partial charge in [0.1, 0.15) is 6.42 Å². The van der Waals surface area contributed by atoms with Crippen molar-refractivity contribution in [2.45, 2.75) is 12.2 Å². The summed E-state index contributed by atoms with van der Waals surface area (Å²) in [4.78, 5) is 21.5. The predicted octanol–water partition coefficient (Wildman–Crippen LogP) is 1.77. The number of carbonyl (C=O) groups is 2. The smallest absolute Gasteiger partial charge is 0.311 e. The molecule has 1 rings (SSSR count). The van der Waals surface area contributed by atoms with E-state index in [4.69, 9.17) is 5.11 Å². The topological polar surface area (TPSA) is 54.4 Å². The fraction of sp³-hybridized carbons (Fsp3) is 0.200. The summed E-state index contributed by atoms with van der Waals surface area (Å²) in [6, 6.07) is 6.78. The third-order valence-corrected chi connectivity index (χ3v) is 2.14. The lowest BCUT2D eigenvalue weighted by molar-refractivity contribution is -0.135. The highest BCUT2D eigenvalue weighted by molar-refractivity contribution is 7.79. The predicted molar refractivity (Wildman–Crippen MR) is 55.7 cm³/mol. The monoisotopic (exact) mass is 210 g/mol. The average molecular weight is 210 g/mol. The minimum Gasteiger partial charge on any atom is -0.481 e. The fourth-order valence-electron chi connectivity index (χ4n) is 1.04. The van der Waals surface area contributed by atoms with E-state index in [1.54, 1.807) is 24.3 Å². The number of hydrogen-bond acceptors (Lipinski definition) is 3. The van der Waals surface area contributed by atoms with Crippen LogP contribution in [0.2, 0.25) is 0 Å². The van der Waals surface area contributed by atoms with Crippen LogP contribution in [0.3, 0.4) is 0 Å². The Morgan fingerprint density at radius 1 is 1.21 bits per heavy atom. The van der Waals surface area contributed by atoms with Crippen molar-refractivity contribution in [3.8, 4) is 0 Å². The first-order valence-corrected chi connectivity index (χ1v) is 4.71. The molecular weight excluding hydrogens is 200 g/mol. The summed E-state index contributed by atoms with van der Waals surface area (Å²) in [5, 5.41) is 8.41. The molecule has 3 nitrogen and oxygen atoms in total. The number of thiol groups is 1. The van der Waals surface area contributed by atoms with Crippen LogP contribution in [0, 0.1) is 0 Å². The van der Waals surface area contributed by atoms with Gasteiger partial charge in [-0.25, -0.2) is 0 Å². The molecule has 1 N–H and O–H groups in total. The summed E-state index contributed by atoms with van der Waals surface area (Å²) in [5.74, 6) is -0.871. The Bertz CT molecular complexity index is 343. The maximum Gasteiger partial charge on any atom is 0.311 e. The molecule has 0 atom stereocenters. The summed E-state index contributed by atoms with van der Waals surface area (Å²) in [6.07, 6.45) is -0.458. The van der Waals surface area contributed by atoms with Gasteiger partial charge in [0.15, 0.2) is 5.78 Å². The second kappa shape index (κ2) is 4.81. The van der Waals surface area contributed by atoms with Crippen LogP contribution in [0.1, 0.15) is 22.3 Å². The van der Waals surface area contributed by atoms with E-state index in [9.17, 15) is 9.59 Å². The number of benzene rings is 1. The Morgan fingerprint density at radius 3 is 2.21 bits per heavy atom. The minimum atomic E-state index is -1.10. The summed E-state index contributed by atoms with van der Waals surface area (Å²) < 4.78 is 0. The van der Waals surface area contributed by atoms with Crippen LogP contribution in [-0.4, -0.2) is 16.9 Å². The van der Waals surface area contributed by atoms with E-state index in [1.165, 1.54) is 0 Å². The number of aliphatic carboxylic acids is 1. The van der Waals surface area contributed by atoms with E-state index in [2.05, 4.69) is 12.6 Å². The lowest BCUT2D eigenvalue weighted by Gasteiger charge is -1.99. The van der Waals surface area contributed by atoms with Crippen LogP contribution in [0.25, 0.3) is 0 Å².